The zero-order valence-corrected chi connectivity index (χ0v) is 17.5. The minimum atomic E-state index is -4.77. The van der Waals surface area contributed by atoms with Gasteiger partial charge in [0.2, 0.25) is 0 Å². The monoisotopic (exact) mass is 464 g/mol. The molecule has 4 nitrogen and oxygen atoms in total. The fourth-order valence-corrected chi connectivity index (χ4v) is 3.40. The van der Waals surface area contributed by atoms with Gasteiger partial charge in [0, 0.05) is 12.0 Å². The van der Waals surface area contributed by atoms with Gasteiger partial charge in [0.15, 0.2) is 0 Å². The van der Waals surface area contributed by atoms with E-state index < -0.39 is 24.3 Å². The van der Waals surface area contributed by atoms with Crippen molar-refractivity contribution in [1.82, 2.24) is 0 Å². The number of hydrogen-bond donors (Lipinski definition) is 1. The van der Waals surface area contributed by atoms with E-state index in [-0.39, 0.29) is 28.6 Å². The predicted octanol–water partition coefficient (Wildman–Crippen LogP) is 6.85. The first kappa shape index (κ1) is 22.7. The van der Waals surface area contributed by atoms with Gasteiger partial charge in [-0.1, -0.05) is 35.9 Å². The number of aliphatic imine (C=N–C) groups is 1. The van der Waals surface area contributed by atoms with Crippen LogP contribution in [0.3, 0.4) is 0 Å². The number of nitrogens with one attached hydrogen (secondary N) is 1. The Morgan fingerprint density at radius 3 is 2.35 bits per heavy atom. The molecule has 0 radical (unpaired) electrons. The first-order valence-electron chi connectivity index (χ1n) is 8.99. The maximum absolute atomic E-state index is 12.9. The summed E-state index contributed by atoms with van der Waals surface area (Å²) >= 11 is 7.57. The highest BCUT2D eigenvalue weighted by atomic mass is 35.5. The Bertz CT molecular complexity index is 1090. The zero-order valence-electron chi connectivity index (χ0n) is 15.9. The van der Waals surface area contributed by atoms with Gasteiger partial charge in [0.1, 0.15) is 12.3 Å². The minimum Gasteiger partial charge on any atom is -0.457 e. The van der Waals surface area contributed by atoms with Crippen LogP contribution in [-0.2, 0) is 11.3 Å². The van der Waals surface area contributed by atoms with Crippen LogP contribution in [0.4, 0.5) is 18.9 Å². The summed E-state index contributed by atoms with van der Waals surface area (Å²) in [7, 11) is 0. The number of hydrogen-bond acceptors (Lipinski definition) is 5. The fraction of sp³-hybridized carbons (Fsp3) is 0.136. The first-order valence-corrected chi connectivity index (χ1v) is 10.3. The van der Waals surface area contributed by atoms with Crippen LogP contribution in [0.2, 0.25) is 5.02 Å². The Morgan fingerprint density at radius 2 is 1.74 bits per heavy atom. The van der Waals surface area contributed by atoms with Crippen molar-refractivity contribution in [3.05, 3.63) is 87.1 Å². The average Bonchev–Trinajstić information content (AvgIpc) is 3.26. The van der Waals surface area contributed by atoms with Crippen molar-refractivity contribution in [3.63, 3.8) is 0 Å². The summed E-state index contributed by atoms with van der Waals surface area (Å²) in [5.41, 5.74) is 0.319. The van der Waals surface area contributed by atoms with Crippen molar-refractivity contribution in [2.24, 2.45) is 4.99 Å². The van der Waals surface area contributed by atoms with E-state index in [1.54, 1.807) is 24.3 Å². The largest absolute Gasteiger partial charge is 0.457 e. The standard InChI is InChI=1S/C22H16ClF3N2O2S/c23-17-3-1-2-4-18(17)28-19(11-20(27)22(24,25)26)15-5-7-16(8-6-15)21(29)30-12-14-9-10-31-13-14/h1-10,13,27H,11-12H2. The maximum atomic E-state index is 12.9. The van der Waals surface area contributed by atoms with E-state index in [1.165, 1.54) is 35.6 Å². The van der Waals surface area contributed by atoms with Crippen LogP contribution in [0.5, 0.6) is 0 Å². The molecule has 160 valence electrons. The number of para-hydroxylation sites is 1. The van der Waals surface area contributed by atoms with Crippen molar-refractivity contribution in [1.29, 1.82) is 5.41 Å². The Morgan fingerprint density at radius 1 is 1.06 bits per heavy atom. The zero-order chi connectivity index (χ0) is 22.4. The molecule has 2 aromatic carbocycles. The third-order valence-corrected chi connectivity index (χ3v) is 5.25. The second kappa shape index (κ2) is 9.89. The summed E-state index contributed by atoms with van der Waals surface area (Å²) in [5, 5.41) is 11.4. The molecule has 3 rings (SSSR count). The van der Waals surface area contributed by atoms with Crippen molar-refractivity contribution in [3.8, 4) is 0 Å². The molecule has 0 aliphatic carbocycles. The first-order chi connectivity index (χ1) is 14.7. The van der Waals surface area contributed by atoms with Gasteiger partial charge in [-0.3, -0.25) is 4.99 Å². The van der Waals surface area contributed by atoms with E-state index >= 15 is 0 Å². The number of rotatable bonds is 7. The number of benzene rings is 2. The van der Waals surface area contributed by atoms with Crippen LogP contribution in [0.25, 0.3) is 0 Å². The maximum Gasteiger partial charge on any atom is 0.429 e. The van der Waals surface area contributed by atoms with E-state index in [9.17, 15) is 18.0 Å². The van der Waals surface area contributed by atoms with Gasteiger partial charge in [-0.2, -0.15) is 24.5 Å². The second-order valence-corrected chi connectivity index (χ2v) is 7.64. The minimum absolute atomic E-state index is 0.00798. The lowest BCUT2D eigenvalue weighted by Crippen LogP contribution is -2.25. The molecule has 31 heavy (non-hydrogen) atoms. The highest BCUT2D eigenvalue weighted by Gasteiger charge is 2.35. The lowest BCUT2D eigenvalue weighted by molar-refractivity contribution is -0.0605. The molecule has 9 heteroatoms. The molecule has 0 atom stereocenters. The van der Waals surface area contributed by atoms with Crippen LogP contribution in [-0.4, -0.2) is 23.6 Å². The highest BCUT2D eigenvalue weighted by molar-refractivity contribution is 7.07. The normalized spacial score (nSPS) is 11.9. The molecule has 0 aliphatic rings. The topological polar surface area (TPSA) is 62.5 Å². The molecule has 0 bridgehead atoms. The predicted molar refractivity (Wildman–Crippen MR) is 116 cm³/mol. The smallest absolute Gasteiger partial charge is 0.429 e. The molecule has 0 amide bonds. The summed E-state index contributed by atoms with van der Waals surface area (Å²) in [5.74, 6) is -0.551. The van der Waals surface area contributed by atoms with Gasteiger partial charge in [0.25, 0.3) is 0 Å². The molecular formula is C22H16ClF3N2O2S. The van der Waals surface area contributed by atoms with E-state index in [1.807, 2.05) is 16.8 Å². The number of esters is 1. The number of carbonyl (C=O) groups excluding carboxylic acids is 1. The number of thiophene rings is 1. The molecule has 1 aromatic heterocycles. The third-order valence-electron chi connectivity index (χ3n) is 4.20. The summed E-state index contributed by atoms with van der Waals surface area (Å²) in [4.78, 5) is 16.5. The molecular weight excluding hydrogens is 449 g/mol. The van der Waals surface area contributed by atoms with Crippen LogP contribution in [0.1, 0.15) is 27.9 Å². The van der Waals surface area contributed by atoms with Gasteiger partial charge >= 0.3 is 12.1 Å². The number of ether oxygens (including phenoxy) is 1. The SMILES string of the molecule is N=C(CC(=Nc1ccccc1Cl)c1ccc(C(=O)OCc2ccsc2)cc1)C(F)(F)F. The summed E-state index contributed by atoms with van der Waals surface area (Å²) in [6.45, 7) is 0.131. The Labute approximate surface area is 185 Å². The van der Waals surface area contributed by atoms with Crippen LogP contribution >= 0.6 is 22.9 Å². The third kappa shape index (κ3) is 6.26. The van der Waals surface area contributed by atoms with Crippen LogP contribution in [0.15, 0.2) is 70.3 Å². The van der Waals surface area contributed by atoms with Gasteiger partial charge in [-0.05, 0) is 46.7 Å². The molecule has 1 heterocycles. The lowest BCUT2D eigenvalue weighted by Gasteiger charge is -2.12. The molecule has 0 fully saturated rings. The summed E-state index contributed by atoms with van der Waals surface area (Å²) < 4.78 is 44.1. The molecule has 0 saturated carbocycles. The molecule has 0 spiro atoms. The Hall–Kier alpha value is -2.97. The quantitative estimate of drug-likeness (QED) is 0.307. The lowest BCUT2D eigenvalue weighted by atomic mass is 10.0. The Kier molecular flexibility index (Phi) is 7.25. The molecule has 1 N–H and O–H groups in total. The molecule has 0 saturated heterocycles. The van der Waals surface area contributed by atoms with Crippen molar-refractivity contribution < 1.29 is 22.7 Å². The Balaban J connectivity index is 1.84. The van der Waals surface area contributed by atoms with E-state index in [0.717, 1.165) is 5.56 Å². The van der Waals surface area contributed by atoms with E-state index in [4.69, 9.17) is 21.7 Å². The van der Waals surface area contributed by atoms with Gasteiger partial charge in [0.05, 0.1) is 22.0 Å². The summed E-state index contributed by atoms with van der Waals surface area (Å²) in [6.07, 6.45) is -5.51. The van der Waals surface area contributed by atoms with E-state index in [0.29, 0.717) is 5.56 Å². The second-order valence-electron chi connectivity index (χ2n) is 6.45. The van der Waals surface area contributed by atoms with Gasteiger partial charge in [-0.15, -0.1) is 0 Å². The van der Waals surface area contributed by atoms with Crippen molar-refractivity contribution in [2.75, 3.05) is 0 Å². The number of carbonyl (C=O) groups is 1. The number of alkyl halides is 3. The van der Waals surface area contributed by atoms with E-state index in [2.05, 4.69) is 4.99 Å². The fourth-order valence-electron chi connectivity index (χ4n) is 2.57. The highest BCUT2D eigenvalue weighted by Crippen LogP contribution is 2.27. The van der Waals surface area contributed by atoms with Crippen LogP contribution < -0.4 is 0 Å². The molecule has 0 unspecified atom stereocenters. The van der Waals surface area contributed by atoms with Crippen molar-refractivity contribution >= 4 is 46.0 Å². The average molecular weight is 465 g/mol. The van der Waals surface area contributed by atoms with Gasteiger partial charge in [-0.25, -0.2) is 4.79 Å². The summed E-state index contributed by atoms with van der Waals surface area (Å²) in [6, 6.07) is 14.2. The van der Waals surface area contributed by atoms with Crippen molar-refractivity contribution in [2.45, 2.75) is 19.2 Å². The molecule has 3 aromatic rings. The number of nitrogens with zero attached hydrogens (tertiary/aromatic N) is 1. The molecule has 0 aliphatic heterocycles. The number of halogens is 4. The van der Waals surface area contributed by atoms with Gasteiger partial charge < -0.3 is 10.1 Å². The van der Waals surface area contributed by atoms with Crippen LogP contribution in [0, 0.1) is 5.41 Å².